The Kier molecular flexibility index (Phi) is 3.70. The van der Waals surface area contributed by atoms with Gasteiger partial charge in [-0.05, 0) is 36.2 Å². The second-order valence-electron chi connectivity index (χ2n) is 5.43. The molecular weight excluding hydrogens is 294 g/mol. The monoisotopic (exact) mass is 311 g/mol. The summed E-state index contributed by atoms with van der Waals surface area (Å²) in [6, 6.07) is 11.5. The molecule has 0 atom stereocenters. The molecule has 118 valence electrons. The van der Waals surface area contributed by atoms with Crippen molar-refractivity contribution < 1.29 is 20.1 Å². The van der Waals surface area contributed by atoms with Crippen LogP contribution in [-0.4, -0.2) is 25.9 Å². The van der Waals surface area contributed by atoms with E-state index in [0.717, 1.165) is 5.56 Å². The van der Waals surface area contributed by atoms with E-state index < -0.39 is 5.97 Å². The number of hydrogen-bond acceptors (Lipinski definition) is 3. The van der Waals surface area contributed by atoms with Gasteiger partial charge in [-0.25, -0.2) is 4.79 Å². The summed E-state index contributed by atoms with van der Waals surface area (Å²) >= 11 is 0. The molecule has 0 bridgehead atoms. The van der Waals surface area contributed by atoms with E-state index in [4.69, 9.17) is 0 Å². The lowest BCUT2D eigenvalue weighted by Gasteiger charge is -2.10. The molecule has 0 saturated carbocycles. The first-order valence-electron chi connectivity index (χ1n) is 7.36. The van der Waals surface area contributed by atoms with Crippen LogP contribution in [0.3, 0.4) is 0 Å². The number of hydrogen-bond donors (Lipinski definition) is 3. The van der Waals surface area contributed by atoms with Gasteiger partial charge < -0.3 is 19.9 Å². The van der Waals surface area contributed by atoms with Crippen LogP contribution in [0.25, 0.3) is 10.9 Å². The van der Waals surface area contributed by atoms with Crippen molar-refractivity contribution in [3.05, 3.63) is 59.3 Å². The highest BCUT2D eigenvalue weighted by Gasteiger charge is 2.21. The van der Waals surface area contributed by atoms with Crippen molar-refractivity contribution in [1.29, 1.82) is 0 Å². The van der Waals surface area contributed by atoms with Crippen LogP contribution in [-0.2, 0) is 13.0 Å². The van der Waals surface area contributed by atoms with E-state index >= 15 is 0 Å². The molecule has 3 rings (SSSR count). The van der Waals surface area contributed by atoms with Gasteiger partial charge in [-0.15, -0.1) is 0 Å². The van der Waals surface area contributed by atoms with E-state index in [9.17, 15) is 20.1 Å². The van der Waals surface area contributed by atoms with Gasteiger partial charge in [-0.2, -0.15) is 0 Å². The van der Waals surface area contributed by atoms with E-state index in [0.29, 0.717) is 29.6 Å². The summed E-state index contributed by atoms with van der Waals surface area (Å²) in [6.45, 7) is 2.38. The van der Waals surface area contributed by atoms with E-state index in [1.165, 1.54) is 6.07 Å². The lowest BCUT2D eigenvalue weighted by molar-refractivity contribution is 0.0697. The number of carboxylic acids is 1. The Morgan fingerprint density at radius 2 is 1.70 bits per heavy atom. The summed E-state index contributed by atoms with van der Waals surface area (Å²) < 4.78 is 1.91. The SMILES string of the molecule is CCc1c(C(=O)O)c2ccc(O)cc2n1Cc1ccc(O)cc1. The lowest BCUT2D eigenvalue weighted by Crippen LogP contribution is -2.07. The van der Waals surface area contributed by atoms with E-state index in [2.05, 4.69) is 0 Å². The Hall–Kier alpha value is -2.95. The first-order valence-corrected chi connectivity index (χ1v) is 7.36. The highest BCUT2D eigenvalue weighted by molar-refractivity contribution is 6.05. The molecule has 1 heterocycles. The number of phenolic OH excluding ortho intramolecular Hbond substituents is 2. The number of nitrogens with zero attached hydrogens (tertiary/aromatic N) is 1. The highest BCUT2D eigenvalue weighted by atomic mass is 16.4. The fourth-order valence-corrected chi connectivity index (χ4v) is 2.96. The lowest BCUT2D eigenvalue weighted by atomic mass is 10.1. The van der Waals surface area contributed by atoms with Crippen molar-refractivity contribution in [2.45, 2.75) is 19.9 Å². The molecule has 5 heteroatoms. The summed E-state index contributed by atoms with van der Waals surface area (Å²) in [6.07, 6.45) is 0.565. The molecule has 3 aromatic rings. The second-order valence-corrected chi connectivity index (χ2v) is 5.43. The number of aromatic hydroxyl groups is 2. The zero-order valence-electron chi connectivity index (χ0n) is 12.7. The molecule has 0 spiro atoms. The van der Waals surface area contributed by atoms with Gasteiger partial charge in [0.1, 0.15) is 11.5 Å². The molecular formula is C18H17NO4. The van der Waals surface area contributed by atoms with Gasteiger partial charge in [0.25, 0.3) is 0 Å². The van der Waals surface area contributed by atoms with Gasteiger partial charge in [-0.1, -0.05) is 19.1 Å². The first kappa shape index (κ1) is 15.0. The minimum absolute atomic E-state index is 0.0987. The normalized spacial score (nSPS) is 11.0. The van der Waals surface area contributed by atoms with Crippen LogP contribution < -0.4 is 0 Å². The van der Waals surface area contributed by atoms with Crippen LogP contribution >= 0.6 is 0 Å². The summed E-state index contributed by atoms with van der Waals surface area (Å²) in [5, 5.41) is 29.4. The molecule has 3 N–H and O–H groups in total. The minimum Gasteiger partial charge on any atom is -0.508 e. The predicted molar refractivity (Wildman–Crippen MR) is 87.1 cm³/mol. The fraction of sp³-hybridized carbons (Fsp3) is 0.167. The number of phenols is 2. The summed E-state index contributed by atoms with van der Waals surface area (Å²) in [4.78, 5) is 11.7. The number of carbonyl (C=O) groups is 1. The Morgan fingerprint density at radius 1 is 1.04 bits per heavy atom. The maximum atomic E-state index is 11.7. The first-order chi connectivity index (χ1) is 11.0. The molecule has 0 aliphatic heterocycles. The van der Waals surface area contributed by atoms with Gasteiger partial charge in [-0.3, -0.25) is 0 Å². The molecule has 0 saturated heterocycles. The van der Waals surface area contributed by atoms with Gasteiger partial charge in [0.15, 0.2) is 0 Å². The van der Waals surface area contributed by atoms with E-state index in [-0.39, 0.29) is 17.1 Å². The summed E-state index contributed by atoms with van der Waals surface area (Å²) in [5.74, 6) is -0.686. The van der Waals surface area contributed by atoms with Crippen LogP contribution in [0.15, 0.2) is 42.5 Å². The zero-order valence-corrected chi connectivity index (χ0v) is 12.7. The number of fused-ring (bicyclic) bond motifs is 1. The smallest absolute Gasteiger partial charge is 0.338 e. The second kappa shape index (κ2) is 5.68. The predicted octanol–water partition coefficient (Wildman–Crippen LogP) is 3.36. The molecule has 5 nitrogen and oxygen atoms in total. The molecule has 0 aliphatic rings. The van der Waals surface area contributed by atoms with Crippen LogP contribution in [0.5, 0.6) is 11.5 Å². The zero-order chi connectivity index (χ0) is 16.6. The molecule has 0 amide bonds. The van der Waals surface area contributed by atoms with Gasteiger partial charge in [0.2, 0.25) is 0 Å². The van der Waals surface area contributed by atoms with Crippen molar-refractivity contribution in [3.63, 3.8) is 0 Å². The summed E-state index contributed by atoms with van der Waals surface area (Å²) in [7, 11) is 0. The third-order valence-electron chi connectivity index (χ3n) is 3.98. The average molecular weight is 311 g/mol. The maximum absolute atomic E-state index is 11.7. The van der Waals surface area contributed by atoms with Crippen LogP contribution in [0.4, 0.5) is 0 Å². The number of aromatic carboxylic acids is 1. The van der Waals surface area contributed by atoms with Gasteiger partial charge in [0.05, 0.1) is 11.1 Å². The van der Waals surface area contributed by atoms with Gasteiger partial charge in [0, 0.05) is 23.7 Å². The Bertz CT molecular complexity index is 878. The minimum atomic E-state index is -0.970. The molecule has 2 aromatic carbocycles. The Labute approximate surface area is 133 Å². The number of aromatic nitrogens is 1. The Balaban J connectivity index is 2.23. The van der Waals surface area contributed by atoms with E-state index in [1.807, 2.05) is 11.5 Å². The van der Waals surface area contributed by atoms with Crippen LogP contribution in [0.2, 0.25) is 0 Å². The fourth-order valence-electron chi connectivity index (χ4n) is 2.96. The number of carboxylic acid groups (broad SMARTS) is 1. The largest absolute Gasteiger partial charge is 0.508 e. The van der Waals surface area contributed by atoms with Crippen LogP contribution in [0.1, 0.15) is 28.5 Å². The Morgan fingerprint density at radius 3 is 2.30 bits per heavy atom. The molecule has 0 aliphatic carbocycles. The number of benzene rings is 2. The summed E-state index contributed by atoms with van der Waals surface area (Å²) in [5.41, 5.74) is 2.62. The molecule has 0 fully saturated rings. The van der Waals surface area contributed by atoms with Crippen molar-refractivity contribution in [2.24, 2.45) is 0 Å². The van der Waals surface area contributed by atoms with Gasteiger partial charge >= 0.3 is 5.97 Å². The third-order valence-corrected chi connectivity index (χ3v) is 3.98. The molecule has 1 aromatic heterocycles. The quantitative estimate of drug-likeness (QED) is 0.690. The number of rotatable bonds is 4. The topological polar surface area (TPSA) is 82.7 Å². The average Bonchev–Trinajstić information content (AvgIpc) is 2.82. The van der Waals surface area contributed by atoms with E-state index in [1.54, 1.807) is 36.4 Å². The maximum Gasteiger partial charge on any atom is 0.338 e. The van der Waals surface area contributed by atoms with Crippen LogP contribution in [0, 0.1) is 0 Å². The van der Waals surface area contributed by atoms with Crippen molar-refractivity contribution in [2.75, 3.05) is 0 Å². The third kappa shape index (κ3) is 2.61. The van der Waals surface area contributed by atoms with Crippen molar-refractivity contribution >= 4 is 16.9 Å². The molecule has 0 unspecified atom stereocenters. The van der Waals surface area contributed by atoms with Crippen molar-refractivity contribution in [1.82, 2.24) is 4.57 Å². The molecule has 0 radical (unpaired) electrons. The highest BCUT2D eigenvalue weighted by Crippen LogP contribution is 2.30. The standard InChI is InChI=1S/C18H17NO4/c1-2-15-17(18(22)23)14-8-7-13(21)9-16(14)19(15)10-11-3-5-12(20)6-4-11/h3-9,20-21H,2,10H2,1H3,(H,22,23). The van der Waals surface area contributed by atoms with Crippen molar-refractivity contribution in [3.8, 4) is 11.5 Å². The molecule has 23 heavy (non-hydrogen) atoms.